The van der Waals surface area contributed by atoms with Crippen LogP contribution in [-0.2, 0) is 0 Å². The molecule has 72 valence electrons. The van der Waals surface area contributed by atoms with Crippen LogP contribution in [0.5, 0.6) is 0 Å². The largest absolute Gasteiger partial charge is 0.382 e. The van der Waals surface area contributed by atoms with Crippen LogP contribution in [0.4, 0.5) is 0 Å². The summed E-state index contributed by atoms with van der Waals surface area (Å²) in [6, 6.07) is 0.750. The zero-order chi connectivity index (χ0) is 9.26. The Morgan fingerprint density at radius 2 is 2.08 bits per heavy atom. The molecule has 1 heteroatoms. The van der Waals surface area contributed by atoms with E-state index in [4.69, 9.17) is 0 Å². The van der Waals surface area contributed by atoms with Crippen LogP contribution < -0.4 is 5.32 Å². The van der Waals surface area contributed by atoms with Gasteiger partial charge in [-0.25, -0.2) is 0 Å². The topological polar surface area (TPSA) is 12.0 Å². The predicted octanol–water partition coefficient (Wildman–Crippen LogP) is 3.00. The van der Waals surface area contributed by atoms with Crippen molar-refractivity contribution < 1.29 is 0 Å². The summed E-state index contributed by atoms with van der Waals surface area (Å²) in [5.41, 5.74) is 2.97. The van der Waals surface area contributed by atoms with Crippen LogP contribution in [0.2, 0.25) is 0 Å². The molecule has 0 aromatic heterocycles. The van der Waals surface area contributed by atoms with Crippen molar-refractivity contribution in [3.63, 3.8) is 0 Å². The van der Waals surface area contributed by atoms with Crippen molar-refractivity contribution in [2.24, 2.45) is 5.92 Å². The van der Waals surface area contributed by atoms with Crippen LogP contribution in [0.15, 0.2) is 23.4 Å². The standard InChI is InChI=1S/C12H19N/c1-3-6-11-9(2)10-7-4-5-8-12(10)13-11/h3,6,10,12-13H,4-5,7-8H2,1-2H3/b6-3+. The Morgan fingerprint density at radius 3 is 2.77 bits per heavy atom. The molecule has 0 bridgehead atoms. The number of hydrogen-bond donors (Lipinski definition) is 1. The quantitative estimate of drug-likeness (QED) is 0.649. The summed E-state index contributed by atoms with van der Waals surface area (Å²) in [6.45, 7) is 4.38. The van der Waals surface area contributed by atoms with Crippen LogP contribution >= 0.6 is 0 Å². The Hall–Kier alpha value is -0.720. The van der Waals surface area contributed by atoms with E-state index in [0.29, 0.717) is 0 Å². The van der Waals surface area contributed by atoms with E-state index in [1.54, 1.807) is 5.57 Å². The van der Waals surface area contributed by atoms with Crippen LogP contribution in [0.1, 0.15) is 39.5 Å². The summed E-state index contributed by atoms with van der Waals surface area (Å²) in [7, 11) is 0. The molecule has 0 saturated heterocycles. The van der Waals surface area contributed by atoms with E-state index < -0.39 is 0 Å². The minimum atomic E-state index is 0.750. The van der Waals surface area contributed by atoms with Crippen molar-refractivity contribution in [3.05, 3.63) is 23.4 Å². The lowest BCUT2D eigenvalue weighted by Gasteiger charge is -2.26. The lowest BCUT2D eigenvalue weighted by Crippen LogP contribution is -2.31. The fourth-order valence-corrected chi connectivity index (χ4v) is 2.68. The molecule has 0 aromatic rings. The Labute approximate surface area is 80.9 Å². The summed E-state index contributed by atoms with van der Waals surface area (Å²) in [5.74, 6) is 0.833. The van der Waals surface area contributed by atoms with E-state index in [0.717, 1.165) is 12.0 Å². The molecule has 1 aliphatic carbocycles. The van der Waals surface area contributed by atoms with E-state index in [1.165, 1.54) is 31.4 Å². The van der Waals surface area contributed by atoms with Crippen molar-refractivity contribution in [2.75, 3.05) is 0 Å². The highest BCUT2D eigenvalue weighted by Crippen LogP contribution is 2.36. The summed E-state index contributed by atoms with van der Waals surface area (Å²) < 4.78 is 0. The highest BCUT2D eigenvalue weighted by atomic mass is 15.0. The van der Waals surface area contributed by atoms with E-state index in [1.807, 2.05) is 0 Å². The lowest BCUT2D eigenvalue weighted by molar-refractivity contribution is 0.340. The Bertz CT molecular complexity index is 250. The first-order chi connectivity index (χ1) is 6.33. The van der Waals surface area contributed by atoms with E-state index in [-0.39, 0.29) is 0 Å². The van der Waals surface area contributed by atoms with E-state index in [2.05, 4.69) is 31.3 Å². The monoisotopic (exact) mass is 177 g/mol. The second kappa shape index (κ2) is 3.57. The normalized spacial score (nSPS) is 33.7. The maximum absolute atomic E-state index is 3.64. The van der Waals surface area contributed by atoms with Gasteiger partial charge in [-0.15, -0.1) is 0 Å². The van der Waals surface area contributed by atoms with Gasteiger partial charge in [0.05, 0.1) is 0 Å². The van der Waals surface area contributed by atoms with Gasteiger partial charge in [0.25, 0.3) is 0 Å². The molecule has 2 unspecified atom stereocenters. The van der Waals surface area contributed by atoms with E-state index >= 15 is 0 Å². The summed E-state index contributed by atoms with van der Waals surface area (Å²) in [5, 5.41) is 3.64. The number of rotatable bonds is 1. The smallest absolute Gasteiger partial charge is 0.0331 e. The zero-order valence-electron chi connectivity index (χ0n) is 8.64. The van der Waals surface area contributed by atoms with Crippen molar-refractivity contribution in [1.82, 2.24) is 5.32 Å². The first-order valence-electron chi connectivity index (χ1n) is 5.43. The number of nitrogens with one attached hydrogen (secondary N) is 1. The second-order valence-corrected chi connectivity index (χ2v) is 4.24. The van der Waals surface area contributed by atoms with Crippen molar-refractivity contribution in [1.29, 1.82) is 0 Å². The minimum absolute atomic E-state index is 0.750. The summed E-state index contributed by atoms with van der Waals surface area (Å²) in [6.07, 6.45) is 9.93. The third-order valence-electron chi connectivity index (χ3n) is 3.42. The molecule has 1 saturated carbocycles. The van der Waals surface area contributed by atoms with E-state index in [9.17, 15) is 0 Å². The highest BCUT2D eigenvalue weighted by molar-refractivity contribution is 5.31. The van der Waals surface area contributed by atoms with Crippen molar-refractivity contribution in [2.45, 2.75) is 45.6 Å². The molecule has 0 spiro atoms. The SMILES string of the molecule is C/C=C/C1=C(C)C2CCCCC2N1. The fraction of sp³-hybridized carbons (Fsp3) is 0.667. The molecule has 1 aliphatic heterocycles. The first-order valence-corrected chi connectivity index (χ1v) is 5.43. The van der Waals surface area contributed by atoms with Crippen molar-refractivity contribution in [3.8, 4) is 0 Å². The van der Waals surface area contributed by atoms with Gasteiger partial charge in [0.2, 0.25) is 0 Å². The first kappa shape index (κ1) is 8.86. The Morgan fingerprint density at radius 1 is 1.31 bits per heavy atom. The molecule has 2 rings (SSSR count). The van der Waals surface area contributed by atoms with Gasteiger partial charge >= 0.3 is 0 Å². The zero-order valence-corrected chi connectivity index (χ0v) is 8.64. The second-order valence-electron chi connectivity index (χ2n) is 4.24. The molecular formula is C12H19N. The number of fused-ring (bicyclic) bond motifs is 1. The average molecular weight is 177 g/mol. The number of hydrogen-bond acceptors (Lipinski definition) is 1. The lowest BCUT2D eigenvalue weighted by atomic mass is 9.82. The molecular weight excluding hydrogens is 158 g/mol. The Kier molecular flexibility index (Phi) is 2.43. The molecule has 0 radical (unpaired) electrons. The van der Waals surface area contributed by atoms with Crippen molar-refractivity contribution >= 4 is 0 Å². The molecule has 1 fully saturated rings. The van der Waals surface area contributed by atoms with Gasteiger partial charge in [0, 0.05) is 17.7 Å². The molecule has 2 aliphatic rings. The summed E-state index contributed by atoms with van der Waals surface area (Å²) >= 11 is 0. The van der Waals surface area contributed by atoms with Gasteiger partial charge in [-0.2, -0.15) is 0 Å². The third-order valence-corrected chi connectivity index (χ3v) is 3.42. The maximum Gasteiger partial charge on any atom is 0.0331 e. The molecule has 1 heterocycles. The fourth-order valence-electron chi connectivity index (χ4n) is 2.68. The van der Waals surface area contributed by atoms with Crippen LogP contribution in [0, 0.1) is 5.92 Å². The molecule has 1 N–H and O–H groups in total. The van der Waals surface area contributed by atoms with Gasteiger partial charge in [-0.05, 0) is 38.3 Å². The third kappa shape index (κ3) is 1.52. The molecule has 13 heavy (non-hydrogen) atoms. The van der Waals surface area contributed by atoms with Gasteiger partial charge in [-0.3, -0.25) is 0 Å². The summed E-state index contributed by atoms with van der Waals surface area (Å²) in [4.78, 5) is 0. The van der Waals surface area contributed by atoms with Gasteiger partial charge < -0.3 is 5.32 Å². The molecule has 1 nitrogen and oxygen atoms in total. The Balaban J connectivity index is 2.16. The maximum atomic E-state index is 3.64. The van der Waals surface area contributed by atoms with Gasteiger partial charge in [0.15, 0.2) is 0 Å². The van der Waals surface area contributed by atoms with Crippen LogP contribution in [-0.4, -0.2) is 6.04 Å². The average Bonchev–Trinajstić information content (AvgIpc) is 2.46. The predicted molar refractivity (Wildman–Crippen MR) is 56.4 cm³/mol. The number of allylic oxidation sites excluding steroid dienone is 2. The molecule has 0 aromatic carbocycles. The van der Waals surface area contributed by atoms with Crippen LogP contribution in [0.3, 0.4) is 0 Å². The molecule has 2 atom stereocenters. The van der Waals surface area contributed by atoms with Crippen LogP contribution in [0.25, 0.3) is 0 Å². The molecule has 0 amide bonds. The van der Waals surface area contributed by atoms with Gasteiger partial charge in [-0.1, -0.05) is 18.9 Å². The minimum Gasteiger partial charge on any atom is -0.382 e. The van der Waals surface area contributed by atoms with Gasteiger partial charge in [0.1, 0.15) is 0 Å². The highest BCUT2D eigenvalue weighted by Gasteiger charge is 2.32.